The van der Waals surface area contributed by atoms with E-state index in [2.05, 4.69) is 20.8 Å². The van der Waals surface area contributed by atoms with Gasteiger partial charge in [0.15, 0.2) is 13.2 Å². The van der Waals surface area contributed by atoms with Crippen LogP contribution < -0.4 is 4.74 Å². The molecule has 0 aromatic heterocycles. The minimum atomic E-state index is -0.683. The molecule has 6 heteroatoms. The van der Waals surface area contributed by atoms with Gasteiger partial charge >= 0.3 is 11.9 Å². The molecule has 0 N–H and O–H groups in total. The molecule has 0 bridgehead atoms. The van der Waals surface area contributed by atoms with E-state index in [0.717, 1.165) is 19.3 Å². The molecule has 0 radical (unpaired) electrons. The fraction of sp³-hybridized carbons (Fsp3) is 0.571. The summed E-state index contributed by atoms with van der Waals surface area (Å²) in [5.41, 5.74) is 0.329. The molecule has 0 spiro atoms. The number of carbonyl (C=O) groups is 2. The van der Waals surface area contributed by atoms with Crippen molar-refractivity contribution in [1.82, 2.24) is 0 Å². The lowest BCUT2D eigenvalue weighted by atomic mass is 9.75. The molecule has 1 aromatic carbocycles. The summed E-state index contributed by atoms with van der Waals surface area (Å²) < 4.78 is 15.8. The molecule has 0 saturated heterocycles. The average Bonchev–Trinajstić information content (AvgIpc) is 2.64. The van der Waals surface area contributed by atoms with Crippen LogP contribution in [0.3, 0.4) is 0 Å². The van der Waals surface area contributed by atoms with Gasteiger partial charge in [0.05, 0.1) is 5.56 Å². The van der Waals surface area contributed by atoms with Crippen molar-refractivity contribution < 1.29 is 23.8 Å². The Hall–Kier alpha value is -2.55. The van der Waals surface area contributed by atoms with E-state index in [1.165, 1.54) is 0 Å². The fourth-order valence-electron chi connectivity index (χ4n) is 3.46. The summed E-state index contributed by atoms with van der Waals surface area (Å²) in [7, 11) is 0. The fourth-order valence-corrected chi connectivity index (χ4v) is 3.46. The van der Waals surface area contributed by atoms with Crippen LogP contribution >= 0.6 is 0 Å². The molecular weight excluding hydrogens is 346 g/mol. The van der Waals surface area contributed by atoms with Crippen molar-refractivity contribution in [2.45, 2.75) is 46.1 Å². The standard InChI is InChI=1S/C21H27NO5/c1-14(2)17-9-8-15(3)10-19(17)27-21(24)13-26-20(23)12-25-18-7-5-4-6-16(18)11-22/h4-7,14-15,17,19H,8-10,12-13H2,1-3H3/t15-,17+,19+/m1/s1. The molecule has 1 saturated carbocycles. The van der Waals surface area contributed by atoms with E-state index in [4.69, 9.17) is 19.5 Å². The molecule has 1 fully saturated rings. The van der Waals surface area contributed by atoms with Crippen LogP contribution in [0.4, 0.5) is 0 Å². The summed E-state index contributed by atoms with van der Waals surface area (Å²) in [4.78, 5) is 23.9. The Morgan fingerprint density at radius 1 is 1.19 bits per heavy atom. The van der Waals surface area contributed by atoms with Gasteiger partial charge in [0.25, 0.3) is 0 Å². The summed E-state index contributed by atoms with van der Waals surface area (Å²) in [6, 6.07) is 8.57. The Bertz CT molecular complexity index is 694. The van der Waals surface area contributed by atoms with Crippen LogP contribution in [0.2, 0.25) is 0 Å². The van der Waals surface area contributed by atoms with Crippen molar-refractivity contribution in [3.05, 3.63) is 29.8 Å². The zero-order valence-electron chi connectivity index (χ0n) is 16.1. The highest BCUT2D eigenvalue weighted by molar-refractivity contribution is 5.77. The predicted octanol–water partition coefficient (Wildman–Crippen LogP) is 3.48. The molecule has 0 unspecified atom stereocenters. The van der Waals surface area contributed by atoms with Crippen molar-refractivity contribution in [2.24, 2.45) is 17.8 Å². The number of nitriles is 1. The third kappa shape index (κ3) is 6.28. The maximum Gasteiger partial charge on any atom is 0.344 e. The first-order valence-electron chi connectivity index (χ1n) is 9.37. The summed E-state index contributed by atoms with van der Waals surface area (Å²) >= 11 is 0. The number of para-hydroxylation sites is 1. The van der Waals surface area contributed by atoms with Crippen LogP contribution in [0.5, 0.6) is 5.75 Å². The first-order chi connectivity index (χ1) is 12.9. The molecule has 0 heterocycles. The van der Waals surface area contributed by atoms with Gasteiger partial charge in [-0.05, 0) is 42.7 Å². The van der Waals surface area contributed by atoms with E-state index < -0.39 is 18.5 Å². The van der Waals surface area contributed by atoms with E-state index >= 15 is 0 Å². The minimum absolute atomic E-state index is 0.126. The Kier molecular flexibility index (Phi) is 7.66. The van der Waals surface area contributed by atoms with Gasteiger partial charge in [-0.25, -0.2) is 9.59 Å². The highest BCUT2D eigenvalue weighted by Gasteiger charge is 2.33. The highest BCUT2D eigenvalue weighted by Crippen LogP contribution is 2.35. The van der Waals surface area contributed by atoms with Gasteiger partial charge in [-0.2, -0.15) is 5.26 Å². The van der Waals surface area contributed by atoms with Crippen LogP contribution in [-0.2, 0) is 19.1 Å². The summed E-state index contributed by atoms with van der Waals surface area (Å²) in [6.07, 6.45) is 2.91. The second-order valence-corrected chi connectivity index (χ2v) is 7.41. The Morgan fingerprint density at radius 3 is 2.63 bits per heavy atom. The molecule has 0 amide bonds. The lowest BCUT2D eigenvalue weighted by Crippen LogP contribution is -2.37. The van der Waals surface area contributed by atoms with Gasteiger partial charge in [-0.15, -0.1) is 0 Å². The Labute approximate surface area is 160 Å². The van der Waals surface area contributed by atoms with Crippen LogP contribution in [0.15, 0.2) is 24.3 Å². The lowest BCUT2D eigenvalue weighted by molar-refractivity contribution is -0.167. The topological polar surface area (TPSA) is 85.6 Å². The third-order valence-electron chi connectivity index (χ3n) is 4.95. The molecule has 6 nitrogen and oxygen atoms in total. The van der Waals surface area contributed by atoms with E-state index in [9.17, 15) is 9.59 Å². The van der Waals surface area contributed by atoms with Gasteiger partial charge < -0.3 is 14.2 Å². The molecule has 27 heavy (non-hydrogen) atoms. The monoisotopic (exact) mass is 373 g/mol. The largest absolute Gasteiger partial charge is 0.481 e. The van der Waals surface area contributed by atoms with Crippen LogP contribution in [0.1, 0.15) is 45.6 Å². The van der Waals surface area contributed by atoms with E-state index in [-0.39, 0.29) is 12.7 Å². The second kappa shape index (κ2) is 9.96. The number of rotatable bonds is 7. The number of hydrogen-bond acceptors (Lipinski definition) is 6. The van der Waals surface area contributed by atoms with Crippen LogP contribution in [-0.4, -0.2) is 31.3 Å². The first-order valence-corrected chi connectivity index (χ1v) is 9.37. The summed E-state index contributed by atoms with van der Waals surface area (Å²) in [5, 5.41) is 8.99. The summed E-state index contributed by atoms with van der Waals surface area (Å²) in [6.45, 7) is 5.63. The maximum absolute atomic E-state index is 12.1. The Balaban J connectivity index is 1.77. The van der Waals surface area contributed by atoms with Crippen LogP contribution in [0, 0.1) is 29.1 Å². The zero-order valence-corrected chi connectivity index (χ0v) is 16.1. The second-order valence-electron chi connectivity index (χ2n) is 7.41. The summed E-state index contributed by atoms with van der Waals surface area (Å²) in [5.74, 6) is 0.380. The number of benzene rings is 1. The van der Waals surface area contributed by atoms with Gasteiger partial charge in [-0.1, -0.05) is 39.3 Å². The molecule has 1 aliphatic rings. The third-order valence-corrected chi connectivity index (χ3v) is 4.95. The maximum atomic E-state index is 12.1. The molecule has 3 atom stereocenters. The smallest absolute Gasteiger partial charge is 0.344 e. The van der Waals surface area contributed by atoms with Gasteiger partial charge in [0.1, 0.15) is 17.9 Å². The lowest BCUT2D eigenvalue weighted by Gasteiger charge is -2.36. The van der Waals surface area contributed by atoms with Gasteiger partial charge in [-0.3, -0.25) is 0 Å². The molecule has 2 rings (SSSR count). The van der Waals surface area contributed by atoms with Gasteiger partial charge in [0, 0.05) is 0 Å². The zero-order chi connectivity index (χ0) is 19.8. The average molecular weight is 373 g/mol. The number of carbonyl (C=O) groups excluding carboxylic acids is 2. The van der Waals surface area contributed by atoms with Crippen molar-refractivity contribution in [3.63, 3.8) is 0 Å². The van der Waals surface area contributed by atoms with Gasteiger partial charge in [0.2, 0.25) is 0 Å². The quantitative estimate of drug-likeness (QED) is 0.680. The SMILES string of the molecule is CC(C)[C@@H]1CC[C@@H](C)C[C@@H]1OC(=O)COC(=O)COc1ccccc1C#N. The first kappa shape index (κ1) is 20.8. The van der Waals surface area contributed by atoms with Crippen molar-refractivity contribution in [3.8, 4) is 11.8 Å². The minimum Gasteiger partial charge on any atom is -0.481 e. The van der Waals surface area contributed by atoms with E-state index in [1.54, 1.807) is 24.3 Å². The number of nitrogens with zero attached hydrogens (tertiary/aromatic N) is 1. The molecular formula is C21H27NO5. The predicted molar refractivity (Wildman–Crippen MR) is 98.8 cm³/mol. The number of hydrogen-bond donors (Lipinski definition) is 0. The van der Waals surface area contributed by atoms with Crippen molar-refractivity contribution >= 4 is 11.9 Å². The van der Waals surface area contributed by atoms with Crippen molar-refractivity contribution in [2.75, 3.05) is 13.2 Å². The highest BCUT2D eigenvalue weighted by atomic mass is 16.6. The molecule has 146 valence electrons. The Morgan fingerprint density at radius 2 is 1.93 bits per heavy atom. The molecule has 1 aliphatic carbocycles. The van der Waals surface area contributed by atoms with Crippen molar-refractivity contribution in [1.29, 1.82) is 5.26 Å². The normalized spacial score (nSPS) is 22.0. The van der Waals surface area contributed by atoms with E-state index in [0.29, 0.717) is 29.1 Å². The number of ether oxygens (including phenoxy) is 3. The molecule has 0 aliphatic heterocycles. The van der Waals surface area contributed by atoms with Crippen LogP contribution in [0.25, 0.3) is 0 Å². The van der Waals surface area contributed by atoms with E-state index in [1.807, 2.05) is 6.07 Å². The molecule has 1 aromatic rings. The number of esters is 2.